The largest absolute Gasteiger partial charge is 0.330 e. The third kappa shape index (κ3) is 2.41. The molecule has 0 saturated carbocycles. The zero-order valence-corrected chi connectivity index (χ0v) is 9.95. The Morgan fingerprint density at radius 2 is 2.00 bits per heavy atom. The van der Waals surface area contributed by atoms with E-state index in [4.69, 9.17) is 11.6 Å². The van der Waals surface area contributed by atoms with E-state index in [9.17, 15) is 14.4 Å². The highest BCUT2D eigenvalue weighted by Crippen LogP contribution is 2.00. The SMILES string of the molecule is Cn1cc(C(=O)CCCCl)c(=O)n(C)c1=O. The van der Waals surface area contributed by atoms with Crippen molar-refractivity contribution in [1.29, 1.82) is 0 Å². The number of aryl methyl sites for hydroxylation is 1. The second-order valence-electron chi connectivity index (χ2n) is 3.52. The van der Waals surface area contributed by atoms with Crippen LogP contribution < -0.4 is 11.2 Å². The molecule has 0 aliphatic carbocycles. The Morgan fingerprint density at radius 3 is 2.56 bits per heavy atom. The normalized spacial score (nSPS) is 10.4. The number of nitrogens with zero attached hydrogens (tertiary/aromatic N) is 2. The predicted octanol–water partition coefficient (Wildman–Crippen LogP) is 0.286. The number of alkyl halides is 1. The van der Waals surface area contributed by atoms with Crippen molar-refractivity contribution in [3.8, 4) is 0 Å². The highest BCUT2D eigenvalue weighted by Gasteiger charge is 2.13. The van der Waals surface area contributed by atoms with Gasteiger partial charge in [0.1, 0.15) is 0 Å². The zero-order chi connectivity index (χ0) is 12.3. The molecule has 88 valence electrons. The highest BCUT2D eigenvalue weighted by atomic mass is 35.5. The minimum atomic E-state index is -0.553. The van der Waals surface area contributed by atoms with E-state index in [2.05, 4.69) is 0 Å². The lowest BCUT2D eigenvalue weighted by Gasteiger charge is -2.05. The van der Waals surface area contributed by atoms with Crippen LogP contribution in [0.15, 0.2) is 15.8 Å². The maximum Gasteiger partial charge on any atom is 0.330 e. The molecule has 0 aliphatic rings. The minimum Gasteiger partial charge on any atom is -0.303 e. The molecule has 0 radical (unpaired) electrons. The van der Waals surface area contributed by atoms with Gasteiger partial charge in [-0.25, -0.2) is 4.79 Å². The molecule has 16 heavy (non-hydrogen) atoms. The molecule has 0 bridgehead atoms. The maximum absolute atomic E-state index is 11.7. The van der Waals surface area contributed by atoms with Crippen LogP contribution in [0.1, 0.15) is 23.2 Å². The average Bonchev–Trinajstić information content (AvgIpc) is 2.28. The second kappa shape index (κ2) is 5.12. The number of carbonyl (C=O) groups is 1. The number of carbonyl (C=O) groups excluding carboxylic acids is 1. The number of hydrogen-bond donors (Lipinski definition) is 0. The van der Waals surface area contributed by atoms with Crippen molar-refractivity contribution in [1.82, 2.24) is 9.13 Å². The van der Waals surface area contributed by atoms with Gasteiger partial charge in [0.25, 0.3) is 5.56 Å². The fourth-order valence-electron chi connectivity index (χ4n) is 1.36. The molecule has 0 amide bonds. The summed E-state index contributed by atoms with van der Waals surface area (Å²) in [5.74, 6) is 0.0921. The monoisotopic (exact) mass is 244 g/mol. The van der Waals surface area contributed by atoms with Crippen LogP contribution >= 0.6 is 11.6 Å². The molecule has 0 atom stereocenters. The van der Waals surface area contributed by atoms with Crippen molar-refractivity contribution in [2.24, 2.45) is 14.1 Å². The Balaban J connectivity index is 3.21. The summed E-state index contributed by atoms with van der Waals surface area (Å²) in [5.41, 5.74) is -0.962. The van der Waals surface area contributed by atoms with Gasteiger partial charge >= 0.3 is 5.69 Å². The smallest absolute Gasteiger partial charge is 0.303 e. The number of hydrogen-bond acceptors (Lipinski definition) is 3. The summed E-state index contributed by atoms with van der Waals surface area (Å²) in [4.78, 5) is 34.7. The van der Waals surface area contributed by atoms with Crippen molar-refractivity contribution in [3.63, 3.8) is 0 Å². The Morgan fingerprint density at radius 1 is 1.38 bits per heavy atom. The molecule has 6 heteroatoms. The van der Waals surface area contributed by atoms with Crippen molar-refractivity contribution in [2.45, 2.75) is 12.8 Å². The molecule has 0 spiro atoms. The van der Waals surface area contributed by atoms with Crippen molar-refractivity contribution in [2.75, 3.05) is 5.88 Å². The van der Waals surface area contributed by atoms with E-state index in [0.717, 1.165) is 4.57 Å². The van der Waals surface area contributed by atoms with Crippen molar-refractivity contribution < 1.29 is 4.79 Å². The zero-order valence-electron chi connectivity index (χ0n) is 9.20. The minimum absolute atomic E-state index is 0.0368. The van der Waals surface area contributed by atoms with Gasteiger partial charge in [-0.3, -0.25) is 14.2 Å². The lowest BCUT2D eigenvalue weighted by Crippen LogP contribution is -2.39. The molecule has 0 fully saturated rings. The van der Waals surface area contributed by atoms with Crippen molar-refractivity contribution >= 4 is 17.4 Å². The van der Waals surface area contributed by atoms with Crippen LogP contribution in [-0.4, -0.2) is 20.8 Å². The van der Waals surface area contributed by atoms with Crippen LogP contribution in [0.2, 0.25) is 0 Å². The molecule has 0 aromatic carbocycles. The van der Waals surface area contributed by atoms with Gasteiger partial charge in [-0.05, 0) is 6.42 Å². The Kier molecular flexibility index (Phi) is 4.06. The molecule has 5 nitrogen and oxygen atoms in total. The first-order chi connectivity index (χ1) is 7.49. The first-order valence-electron chi connectivity index (χ1n) is 4.85. The highest BCUT2D eigenvalue weighted by molar-refractivity contribution is 6.18. The van der Waals surface area contributed by atoms with Gasteiger partial charge in [0.15, 0.2) is 5.78 Å². The molecular formula is C10H13ClN2O3. The fourth-order valence-corrected chi connectivity index (χ4v) is 1.50. The van der Waals surface area contributed by atoms with E-state index >= 15 is 0 Å². The summed E-state index contributed by atoms with van der Waals surface area (Å²) < 4.78 is 2.14. The van der Waals surface area contributed by atoms with Crippen molar-refractivity contribution in [3.05, 3.63) is 32.6 Å². The van der Waals surface area contributed by atoms with Gasteiger partial charge in [0.05, 0.1) is 5.56 Å². The fraction of sp³-hybridized carbons (Fsp3) is 0.500. The Bertz CT molecular complexity index is 516. The first-order valence-corrected chi connectivity index (χ1v) is 5.38. The van der Waals surface area contributed by atoms with E-state index < -0.39 is 11.2 Å². The summed E-state index contributed by atoms with van der Waals surface area (Å²) in [5, 5.41) is 0. The number of ketones is 1. The quantitative estimate of drug-likeness (QED) is 0.565. The number of rotatable bonds is 4. The van der Waals surface area contributed by atoms with Gasteiger partial charge in [-0.15, -0.1) is 11.6 Å². The summed E-state index contributed by atoms with van der Waals surface area (Å²) >= 11 is 5.47. The van der Waals surface area contributed by atoms with Crippen LogP contribution in [0.5, 0.6) is 0 Å². The van der Waals surface area contributed by atoms with Gasteiger partial charge in [-0.2, -0.15) is 0 Å². The van der Waals surface area contributed by atoms with Crippen LogP contribution in [0, 0.1) is 0 Å². The first kappa shape index (κ1) is 12.7. The third-order valence-corrected chi connectivity index (χ3v) is 2.55. The summed E-state index contributed by atoms with van der Waals surface area (Å²) in [6.45, 7) is 0. The second-order valence-corrected chi connectivity index (χ2v) is 3.89. The summed E-state index contributed by atoms with van der Waals surface area (Å²) in [7, 11) is 2.85. The molecule has 1 heterocycles. The predicted molar refractivity (Wildman–Crippen MR) is 61.2 cm³/mol. The van der Waals surface area contributed by atoms with E-state index in [1.165, 1.54) is 24.9 Å². The van der Waals surface area contributed by atoms with Crippen LogP contribution in [-0.2, 0) is 14.1 Å². The third-order valence-electron chi connectivity index (χ3n) is 2.28. The van der Waals surface area contributed by atoms with E-state index in [0.29, 0.717) is 12.3 Å². The number of halogens is 1. The van der Waals surface area contributed by atoms with Gasteiger partial charge in [0.2, 0.25) is 0 Å². The summed E-state index contributed by atoms with van der Waals surface area (Å²) in [6, 6.07) is 0. The molecule has 1 aromatic heterocycles. The van der Waals surface area contributed by atoms with E-state index in [-0.39, 0.29) is 17.8 Å². The van der Waals surface area contributed by atoms with Crippen LogP contribution in [0.4, 0.5) is 0 Å². The molecule has 1 aromatic rings. The van der Waals surface area contributed by atoms with Crippen LogP contribution in [0.3, 0.4) is 0 Å². The number of aromatic nitrogens is 2. The summed E-state index contributed by atoms with van der Waals surface area (Å²) in [6.07, 6.45) is 2.02. The molecule has 1 rings (SSSR count). The van der Waals surface area contributed by atoms with Gasteiger partial charge < -0.3 is 4.57 Å². The topological polar surface area (TPSA) is 61.1 Å². The lowest BCUT2D eigenvalue weighted by atomic mass is 10.1. The molecule has 0 aliphatic heterocycles. The molecule has 0 saturated heterocycles. The average molecular weight is 245 g/mol. The van der Waals surface area contributed by atoms with Gasteiger partial charge in [-0.1, -0.05) is 0 Å². The van der Waals surface area contributed by atoms with E-state index in [1.807, 2.05) is 0 Å². The van der Waals surface area contributed by atoms with E-state index in [1.54, 1.807) is 0 Å². The Labute approximate surface area is 97.3 Å². The lowest BCUT2D eigenvalue weighted by molar-refractivity contribution is 0.0979. The van der Waals surface area contributed by atoms with Gasteiger partial charge in [0, 0.05) is 32.6 Å². The van der Waals surface area contributed by atoms with Crippen LogP contribution in [0.25, 0.3) is 0 Å². The maximum atomic E-state index is 11.7. The molecule has 0 unspecified atom stereocenters. The number of Topliss-reactive ketones (excluding diaryl/α,β-unsaturated/α-hetero) is 1. The molecular weight excluding hydrogens is 232 g/mol. The molecule has 0 N–H and O–H groups in total. The standard InChI is InChI=1S/C10H13ClN2O3/c1-12-6-7(8(14)4-3-5-11)9(15)13(2)10(12)16/h6H,3-5H2,1-2H3. The Hall–Kier alpha value is -1.36.